The van der Waals surface area contributed by atoms with Crippen molar-refractivity contribution in [3.8, 4) is 56.3 Å². The molecule has 0 spiro atoms. The van der Waals surface area contributed by atoms with Crippen molar-refractivity contribution in [2.45, 2.75) is 0 Å². The average molecular weight is 701 g/mol. The van der Waals surface area contributed by atoms with Crippen LogP contribution in [0.1, 0.15) is 0 Å². The highest BCUT2D eigenvalue weighted by Gasteiger charge is 2.16. The SMILES string of the molecule is COc1cccc(-c2cc(-c3ccccc3)nc3c2[nH]c2ccccc23)c1.COc1cccc(-c2cc(-c3ccccc3)nc3c2[nH]c2ccccc23)c1. The summed E-state index contributed by atoms with van der Waals surface area (Å²) in [4.78, 5) is 17.1. The van der Waals surface area contributed by atoms with Crippen LogP contribution in [0, 0.1) is 0 Å². The van der Waals surface area contributed by atoms with Crippen molar-refractivity contribution in [1.29, 1.82) is 0 Å². The molecule has 10 rings (SSSR count). The van der Waals surface area contributed by atoms with Crippen LogP contribution in [0.3, 0.4) is 0 Å². The van der Waals surface area contributed by atoms with Gasteiger partial charge in [-0.3, -0.25) is 0 Å². The molecule has 0 saturated carbocycles. The van der Waals surface area contributed by atoms with E-state index in [9.17, 15) is 0 Å². The largest absolute Gasteiger partial charge is 0.497 e. The smallest absolute Gasteiger partial charge is 0.119 e. The highest BCUT2D eigenvalue weighted by atomic mass is 16.5. The number of aromatic amines is 2. The Kier molecular flexibility index (Phi) is 8.54. The first-order valence-corrected chi connectivity index (χ1v) is 17.9. The Hall–Kier alpha value is -7.18. The molecular formula is C48H36N4O2. The number of rotatable bonds is 6. The van der Waals surface area contributed by atoms with Gasteiger partial charge < -0.3 is 19.4 Å². The number of nitrogens with one attached hydrogen (secondary N) is 2. The molecule has 4 aromatic heterocycles. The van der Waals surface area contributed by atoms with E-state index in [1.807, 2.05) is 72.8 Å². The molecule has 0 unspecified atom stereocenters. The maximum Gasteiger partial charge on any atom is 0.119 e. The van der Waals surface area contributed by atoms with E-state index < -0.39 is 0 Å². The molecule has 2 N–H and O–H groups in total. The van der Waals surface area contributed by atoms with Gasteiger partial charge in [0.2, 0.25) is 0 Å². The Labute approximate surface area is 312 Å². The maximum atomic E-state index is 5.44. The van der Waals surface area contributed by atoms with Crippen molar-refractivity contribution >= 4 is 43.9 Å². The van der Waals surface area contributed by atoms with Crippen LogP contribution in [0.4, 0.5) is 0 Å². The van der Waals surface area contributed by atoms with E-state index in [4.69, 9.17) is 19.4 Å². The topological polar surface area (TPSA) is 75.8 Å². The molecule has 0 saturated heterocycles. The van der Waals surface area contributed by atoms with Crippen LogP contribution in [-0.2, 0) is 0 Å². The molecule has 6 nitrogen and oxygen atoms in total. The van der Waals surface area contributed by atoms with E-state index >= 15 is 0 Å². The molecule has 0 bridgehead atoms. The fourth-order valence-corrected chi connectivity index (χ4v) is 7.15. The number of hydrogen-bond acceptors (Lipinski definition) is 4. The maximum absolute atomic E-state index is 5.44. The number of aromatic nitrogens is 4. The minimum absolute atomic E-state index is 0.842. The average Bonchev–Trinajstić information content (AvgIpc) is 3.82. The van der Waals surface area contributed by atoms with Crippen LogP contribution in [0.5, 0.6) is 11.5 Å². The lowest BCUT2D eigenvalue weighted by molar-refractivity contribution is 0.415. The summed E-state index contributed by atoms with van der Waals surface area (Å²) in [6.07, 6.45) is 0. The molecule has 54 heavy (non-hydrogen) atoms. The van der Waals surface area contributed by atoms with Crippen LogP contribution < -0.4 is 9.47 Å². The van der Waals surface area contributed by atoms with Crippen LogP contribution in [0.2, 0.25) is 0 Å². The Morgan fingerprint density at radius 2 is 0.778 bits per heavy atom. The summed E-state index contributed by atoms with van der Waals surface area (Å²) in [5.41, 5.74) is 14.8. The summed E-state index contributed by atoms with van der Waals surface area (Å²) >= 11 is 0. The first kappa shape index (κ1) is 32.7. The highest BCUT2D eigenvalue weighted by Crippen LogP contribution is 2.38. The van der Waals surface area contributed by atoms with Crippen LogP contribution in [0.25, 0.3) is 88.6 Å². The fraction of sp³-hybridized carbons (Fsp3) is 0.0417. The first-order chi connectivity index (χ1) is 26.7. The van der Waals surface area contributed by atoms with Crippen molar-refractivity contribution in [2.75, 3.05) is 14.2 Å². The van der Waals surface area contributed by atoms with Gasteiger partial charge in [-0.1, -0.05) is 121 Å². The van der Waals surface area contributed by atoms with Crippen molar-refractivity contribution in [2.24, 2.45) is 0 Å². The number of nitrogens with zero attached hydrogens (tertiary/aromatic N) is 2. The lowest BCUT2D eigenvalue weighted by atomic mass is 10.0. The zero-order valence-corrected chi connectivity index (χ0v) is 29.9. The van der Waals surface area contributed by atoms with E-state index in [0.717, 1.165) is 100 Å². The molecule has 0 aliphatic rings. The van der Waals surface area contributed by atoms with Gasteiger partial charge in [0, 0.05) is 44.1 Å². The molecule has 10 aromatic rings. The molecule has 0 fully saturated rings. The van der Waals surface area contributed by atoms with Gasteiger partial charge in [0.1, 0.15) is 11.5 Å². The summed E-state index contributed by atoms with van der Waals surface area (Å²) in [5, 5.41) is 2.27. The van der Waals surface area contributed by atoms with Crippen LogP contribution in [0.15, 0.2) is 170 Å². The number of fused-ring (bicyclic) bond motifs is 6. The molecule has 0 aliphatic carbocycles. The third kappa shape index (κ3) is 6.10. The summed E-state index contributed by atoms with van der Waals surface area (Å²) in [7, 11) is 3.39. The van der Waals surface area contributed by atoms with Crippen molar-refractivity contribution in [1.82, 2.24) is 19.9 Å². The molecule has 6 aromatic carbocycles. The predicted octanol–water partition coefficient (Wildman–Crippen LogP) is 12.1. The number of ether oxygens (including phenoxy) is 2. The minimum Gasteiger partial charge on any atom is -0.497 e. The number of pyridine rings is 2. The Bertz CT molecular complexity index is 2710. The van der Waals surface area contributed by atoms with Crippen molar-refractivity contribution in [3.63, 3.8) is 0 Å². The lowest BCUT2D eigenvalue weighted by Crippen LogP contribution is -1.90. The zero-order chi connectivity index (χ0) is 36.4. The Morgan fingerprint density at radius 1 is 0.389 bits per heavy atom. The standard InChI is InChI=1S/2C24H18N2O/c2*1-27-18-11-7-10-17(14-18)20-15-22(16-8-3-2-4-9-16)26-23-19-12-5-6-13-21(19)25-24(20)23/h2*2-15,25H,1H3. The summed E-state index contributed by atoms with van der Waals surface area (Å²) in [6.45, 7) is 0. The van der Waals surface area contributed by atoms with E-state index in [0.29, 0.717) is 0 Å². The van der Waals surface area contributed by atoms with Crippen LogP contribution in [-0.4, -0.2) is 34.2 Å². The summed E-state index contributed by atoms with van der Waals surface area (Å²) in [6, 6.07) is 57.8. The summed E-state index contributed by atoms with van der Waals surface area (Å²) < 4.78 is 10.9. The molecule has 0 atom stereocenters. The zero-order valence-electron chi connectivity index (χ0n) is 29.9. The molecule has 0 radical (unpaired) electrons. The second-order valence-electron chi connectivity index (χ2n) is 13.1. The molecule has 6 heteroatoms. The third-order valence-corrected chi connectivity index (χ3v) is 9.82. The predicted molar refractivity (Wildman–Crippen MR) is 222 cm³/mol. The Balaban J connectivity index is 0.000000142. The van der Waals surface area contributed by atoms with Gasteiger partial charge in [-0.2, -0.15) is 0 Å². The molecule has 0 aliphatic heterocycles. The van der Waals surface area contributed by atoms with Gasteiger partial charge in [-0.25, -0.2) is 9.97 Å². The quantitative estimate of drug-likeness (QED) is 0.181. The van der Waals surface area contributed by atoms with Gasteiger partial charge in [0.15, 0.2) is 0 Å². The molecular weight excluding hydrogens is 665 g/mol. The van der Waals surface area contributed by atoms with E-state index in [-0.39, 0.29) is 0 Å². The number of H-pyrrole nitrogens is 2. The molecule has 0 amide bonds. The number of para-hydroxylation sites is 2. The third-order valence-electron chi connectivity index (χ3n) is 9.82. The van der Waals surface area contributed by atoms with E-state index in [2.05, 4.69) is 107 Å². The summed E-state index contributed by atoms with van der Waals surface area (Å²) in [5.74, 6) is 1.68. The highest BCUT2D eigenvalue weighted by molar-refractivity contribution is 6.11. The number of methoxy groups -OCH3 is 2. The van der Waals surface area contributed by atoms with Gasteiger partial charge in [-0.05, 0) is 59.7 Å². The van der Waals surface area contributed by atoms with Crippen LogP contribution >= 0.6 is 0 Å². The second-order valence-corrected chi connectivity index (χ2v) is 13.1. The van der Waals surface area contributed by atoms with E-state index in [1.54, 1.807) is 14.2 Å². The van der Waals surface area contributed by atoms with Crippen molar-refractivity contribution in [3.05, 3.63) is 170 Å². The van der Waals surface area contributed by atoms with Gasteiger partial charge in [0.05, 0.1) is 47.7 Å². The molecule has 260 valence electrons. The molecule has 4 heterocycles. The number of hydrogen-bond donors (Lipinski definition) is 2. The minimum atomic E-state index is 0.842. The number of benzene rings is 6. The van der Waals surface area contributed by atoms with Crippen molar-refractivity contribution < 1.29 is 9.47 Å². The van der Waals surface area contributed by atoms with Gasteiger partial charge in [-0.15, -0.1) is 0 Å². The Morgan fingerprint density at radius 3 is 1.20 bits per heavy atom. The van der Waals surface area contributed by atoms with Gasteiger partial charge >= 0.3 is 0 Å². The normalized spacial score (nSPS) is 11.1. The monoisotopic (exact) mass is 700 g/mol. The lowest BCUT2D eigenvalue weighted by Gasteiger charge is -2.09. The fourth-order valence-electron chi connectivity index (χ4n) is 7.15. The second kappa shape index (κ2) is 14.1. The van der Waals surface area contributed by atoms with Gasteiger partial charge in [0.25, 0.3) is 0 Å². The van der Waals surface area contributed by atoms with E-state index in [1.165, 1.54) is 0 Å². The first-order valence-electron chi connectivity index (χ1n) is 17.9.